The van der Waals surface area contributed by atoms with Crippen LogP contribution in [0.1, 0.15) is 53.4 Å². The summed E-state index contributed by atoms with van der Waals surface area (Å²) in [6.07, 6.45) is 5.19. The molecule has 92 valence electrons. The number of carbonyl (C=O) groups is 1. The van der Waals surface area contributed by atoms with Crippen LogP contribution < -0.4 is 0 Å². The maximum absolute atomic E-state index is 12.0. The second-order valence-electron chi connectivity index (χ2n) is 6.57. The Balaban J connectivity index is 2.07. The molecule has 0 aliphatic heterocycles. The zero-order chi connectivity index (χ0) is 11.9. The van der Waals surface area contributed by atoms with Crippen LogP contribution in [0.4, 0.5) is 0 Å². The van der Waals surface area contributed by atoms with Crippen molar-refractivity contribution in [1.82, 2.24) is 0 Å². The predicted molar refractivity (Wildman–Crippen MR) is 67.1 cm³/mol. The van der Waals surface area contributed by atoms with E-state index in [2.05, 4.69) is 27.7 Å². The zero-order valence-electron chi connectivity index (χ0n) is 11.2. The molecule has 5 atom stereocenters. The third kappa shape index (κ3) is 2.06. The van der Waals surface area contributed by atoms with Crippen molar-refractivity contribution in [2.75, 3.05) is 0 Å². The molecule has 0 N–H and O–H groups in total. The lowest BCUT2D eigenvalue weighted by molar-refractivity contribution is -0.134. The number of hydrogen-bond acceptors (Lipinski definition) is 1. The summed E-state index contributed by atoms with van der Waals surface area (Å²) in [6.45, 7) is 9.01. The van der Waals surface area contributed by atoms with Crippen molar-refractivity contribution in [1.29, 1.82) is 0 Å². The summed E-state index contributed by atoms with van der Waals surface area (Å²) in [7, 11) is 0. The van der Waals surface area contributed by atoms with Crippen molar-refractivity contribution in [3.05, 3.63) is 0 Å². The van der Waals surface area contributed by atoms with Crippen LogP contribution in [0.25, 0.3) is 0 Å². The van der Waals surface area contributed by atoms with Crippen LogP contribution in [0.3, 0.4) is 0 Å². The Hall–Kier alpha value is -0.330. The second-order valence-corrected chi connectivity index (χ2v) is 6.57. The minimum absolute atomic E-state index is 0.321. The summed E-state index contributed by atoms with van der Waals surface area (Å²) in [6, 6.07) is 0. The summed E-state index contributed by atoms with van der Waals surface area (Å²) in [5.41, 5.74) is 0. The summed E-state index contributed by atoms with van der Waals surface area (Å²) in [5, 5.41) is 0. The van der Waals surface area contributed by atoms with Crippen molar-refractivity contribution >= 4 is 5.78 Å². The highest BCUT2D eigenvalue weighted by Gasteiger charge is 2.42. The minimum Gasteiger partial charge on any atom is -0.299 e. The fourth-order valence-electron chi connectivity index (χ4n) is 4.09. The van der Waals surface area contributed by atoms with Crippen LogP contribution in [0.5, 0.6) is 0 Å². The van der Waals surface area contributed by atoms with Crippen molar-refractivity contribution < 1.29 is 4.79 Å². The molecule has 16 heavy (non-hydrogen) atoms. The Bertz CT molecular complexity index is 269. The molecule has 2 rings (SSSR count). The molecule has 0 aromatic heterocycles. The van der Waals surface area contributed by atoms with Crippen molar-refractivity contribution in [2.45, 2.75) is 53.4 Å². The topological polar surface area (TPSA) is 17.1 Å². The Morgan fingerprint density at radius 3 is 2.44 bits per heavy atom. The highest BCUT2D eigenvalue weighted by atomic mass is 16.1. The van der Waals surface area contributed by atoms with Gasteiger partial charge in [0.15, 0.2) is 0 Å². The zero-order valence-corrected chi connectivity index (χ0v) is 11.2. The predicted octanol–water partition coefficient (Wildman–Crippen LogP) is 3.92. The van der Waals surface area contributed by atoms with E-state index >= 15 is 0 Å². The summed E-state index contributed by atoms with van der Waals surface area (Å²) >= 11 is 0. The number of rotatable bonds is 1. The maximum atomic E-state index is 12.0. The first kappa shape index (κ1) is 12.1. The first-order chi connectivity index (χ1) is 7.50. The van der Waals surface area contributed by atoms with Crippen LogP contribution >= 0.6 is 0 Å². The van der Waals surface area contributed by atoms with Gasteiger partial charge in [-0.3, -0.25) is 4.79 Å². The van der Waals surface area contributed by atoms with Gasteiger partial charge in [-0.15, -0.1) is 0 Å². The van der Waals surface area contributed by atoms with Crippen LogP contribution in [0.2, 0.25) is 0 Å². The Morgan fingerprint density at radius 1 is 1.12 bits per heavy atom. The molecule has 4 unspecified atom stereocenters. The molecule has 0 bridgehead atoms. The molecular weight excluding hydrogens is 196 g/mol. The molecule has 2 aliphatic rings. The molecule has 2 fully saturated rings. The van der Waals surface area contributed by atoms with E-state index in [-0.39, 0.29) is 0 Å². The molecule has 0 aromatic rings. The van der Waals surface area contributed by atoms with E-state index < -0.39 is 0 Å². The van der Waals surface area contributed by atoms with Gasteiger partial charge in [0.25, 0.3) is 0 Å². The van der Waals surface area contributed by atoms with Gasteiger partial charge in [0.05, 0.1) is 0 Å². The average molecular weight is 222 g/mol. The monoisotopic (exact) mass is 222 g/mol. The quantitative estimate of drug-likeness (QED) is 0.657. The molecule has 0 radical (unpaired) electrons. The lowest BCUT2D eigenvalue weighted by Crippen LogP contribution is -2.42. The number of fused-ring (bicyclic) bond motifs is 1. The SMILES string of the molecule is CC1CC2C[C@H](C(C)C)CCC2C(C)C1=O. The maximum Gasteiger partial charge on any atom is 0.138 e. The highest BCUT2D eigenvalue weighted by Crippen LogP contribution is 2.47. The molecule has 2 saturated carbocycles. The summed E-state index contributed by atoms with van der Waals surface area (Å²) < 4.78 is 0. The van der Waals surface area contributed by atoms with Gasteiger partial charge in [-0.2, -0.15) is 0 Å². The number of carbonyl (C=O) groups excluding carboxylic acids is 1. The van der Waals surface area contributed by atoms with Gasteiger partial charge in [0.2, 0.25) is 0 Å². The standard InChI is InChI=1S/C15H26O/c1-9(2)12-5-6-14-11(4)15(16)10(3)7-13(14)8-12/h9-14H,5-8H2,1-4H3/t10?,11?,12-,13?,14?/m1/s1. The first-order valence-corrected chi connectivity index (χ1v) is 7.04. The van der Waals surface area contributed by atoms with Crippen LogP contribution in [-0.4, -0.2) is 5.78 Å². The van der Waals surface area contributed by atoms with Crippen molar-refractivity contribution in [2.24, 2.45) is 35.5 Å². The largest absolute Gasteiger partial charge is 0.299 e. The minimum atomic E-state index is 0.321. The Kier molecular flexibility index (Phi) is 3.42. The van der Waals surface area contributed by atoms with Gasteiger partial charge in [-0.25, -0.2) is 0 Å². The third-order valence-electron chi connectivity index (χ3n) is 5.26. The van der Waals surface area contributed by atoms with E-state index in [0.29, 0.717) is 23.5 Å². The number of hydrogen-bond donors (Lipinski definition) is 0. The van der Waals surface area contributed by atoms with Gasteiger partial charge in [0, 0.05) is 11.8 Å². The summed E-state index contributed by atoms with van der Waals surface area (Å²) in [4.78, 5) is 12.0. The molecular formula is C15H26O. The van der Waals surface area contributed by atoms with E-state index in [9.17, 15) is 4.79 Å². The molecule has 1 heteroatoms. The Labute approximate surface area is 100.0 Å². The van der Waals surface area contributed by atoms with Gasteiger partial charge < -0.3 is 0 Å². The van der Waals surface area contributed by atoms with Crippen molar-refractivity contribution in [3.63, 3.8) is 0 Å². The fraction of sp³-hybridized carbons (Fsp3) is 0.933. The molecule has 0 heterocycles. The molecule has 2 aliphatic carbocycles. The molecule has 0 spiro atoms. The van der Waals surface area contributed by atoms with Gasteiger partial charge in [-0.05, 0) is 49.4 Å². The lowest BCUT2D eigenvalue weighted by Gasteiger charge is -2.45. The van der Waals surface area contributed by atoms with Crippen LogP contribution in [-0.2, 0) is 4.79 Å². The van der Waals surface area contributed by atoms with E-state index in [1.807, 2.05) is 0 Å². The van der Waals surface area contributed by atoms with E-state index in [1.165, 1.54) is 19.3 Å². The fourth-order valence-corrected chi connectivity index (χ4v) is 4.09. The summed E-state index contributed by atoms with van der Waals surface area (Å²) in [5.74, 6) is 4.47. The number of ketones is 1. The van der Waals surface area contributed by atoms with Crippen LogP contribution in [0, 0.1) is 35.5 Å². The lowest BCUT2D eigenvalue weighted by atomic mass is 9.59. The number of Topliss-reactive ketones (excluding diaryl/α,β-unsaturated/α-hetero) is 1. The van der Waals surface area contributed by atoms with E-state index in [0.717, 1.165) is 24.2 Å². The normalized spacial score (nSPS) is 44.6. The average Bonchev–Trinajstić information content (AvgIpc) is 2.25. The molecule has 0 aromatic carbocycles. The van der Waals surface area contributed by atoms with Gasteiger partial charge >= 0.3 is 0 Å². The van der Waals surface area contributed by atoms with Gasteiger partial charge in [-0.1, -0.05) is 27.7 Å². The van der Waals surface area contributed by atoms with Crippen LogP contribution in [0.15, 0.2) is 0 Å². The van der Waals surface area contributed by atoms with E-state index in [4.69, 9.17) is 0 Å². The third-order valence-corrected chi connectivity index (χ3v) is 5.26. The van der Waals surface area contributed by atoms with Gasteiger partial charge in [0.1, 0.15) is 5.78 Å². The molecule has 1 nitrogen and oxygen atoms in total. The van der Waals surface area contributed by atoms with Crippen molar-refractivity contribution in [3.8, 4) is 0 Å². The smallest absolute Gasteiger partial charge is 0.138 e. The molecule has 0 saturated heterocycles. The second kappa shape index (κ2) is 4.50. The molecule has 0 amide bonds. The first-order valence-electron chi connectivity index (χ1n) is 7.04. The highest BCUT2D eigenvalue weighted by molar-refractivity contribution is 5.83. The Morgan fingerprint density at radius 2 is 1.81 bits per heavy atom. The van der Waals surface area contributed by atoms with E-state index in [1.54, 1.807) is 0 Å².